The van der Waals surface area contributed by atoms with Gasteiger partial charge in [0.05, 0.1) is 10.2 Å². The molecule has 0 atom stereocenters. The molecule has 18 heavy (non-hydrogen) atoms. The lowest BCUT2D eigenvalue weighted by atomic mass is 10.3. The molecular weight excluding hydrogens is 285 g/mol. The highest BCUT2D eigenvalue weighted by Crippen LogP contribution is 2.27. The minimum Gasteiger partial charge on any atom is -0.406 e. The summed E-state index contributed by atoms with van der Waals surface area (Å²) < 4.78 is 42.4. The highest BCUT2D eigenvalue weighted by atomic mass is 32.1. The topological polar surface area (TPSA) is 38.0 Å². The maximum absolute atomic E-state index is 12.1. The van der Waals surface area contributed by atoms with Crippen LogP contribution in [0.1, 0.15) is 0 Å². The molecule has 0 saturated carbocycles. The van der Waals surface area contributed by atoms with Crippen molar-refractivity contribution in [3.05, 3.63) is 23.0 Å². The number of nitrogens with one attached hydrogen (secondary N) is 1. The molecule has 0 saturated heterocycles. The van der Waals surface area contributed by atoms with E-state index >= 15 is 0 Å². The van der Waals surface area contributed by atoms with Crippen LogP contribution >= 0.6 is 24.0 Å². The Morgan fingerprint density at radius 3 is 2.72 bits per heavy atom. The van der Waals surface area contributed by atoms with Crippen LogP contribution in [0.5, 0.6) is 5.75 Å². The average Bonchev–Trinajstić information content (AvgIpc) is 2.53. The van der Waals surface area contributed by atoms with Gasteiger partial charge in [-0.05, 0) is 18.2 Å². The number of thiol groups is 1. The first-order valence-corrected chi connectivity index (χ1v) is 6.40. The Morgan fingerprint density at radius 2 is 2.11 bits per heavy atom. The van der Waals surface area contributed by atoms with E-state index in [1.54, 1.807) is 4.57 Å². The molecule has 2 aromatic rings. The second-order valence-electron chi connectivity index (χ2n) is 3.46. The van der Waals surface area contributed by atoms with Gasteiger partial charge in [-0.1, -0.05) is 11.3 Å². The van der Waals surface area contributed by atoms with E-state index in [4.69, 9.17) is 5.41 Å². The second kappa shape index (κ2) is 4.85. The lowest BCUT2D eigenvalue weighted by molar-refractivity contribution is -0.274. The van der Waals surface area contributed by atoms with Gasteiger partial charge in [0, 0.05) is 12.3 Å². The number of thiazole rings is 1. The van der Waals surface area contributed by atoms with E-state index in [0.717, 1.165) is 11.3 Å². The SMILES string of the molecule is N=c1sc2cc(OC(F)(F)F)ccc2n1CCS. The second-order valence-corrected chi connectivity index (χ2v) is 4.94. The highest BCUT2D eigenvalue weighted by Gasteiger charge is 2.31. The van der Waals surface area contributed by atoms with E-state index < -0.39 is 6.36 Å². The summed E-state index contributed by atoms with van der Waals surface area (Å²) in [5, 5.41) is 7.74. The fourth-order valence-electron chi connectivity index (χ4n) is 1.59. The van der Waals surface area contributed by atoms with Crippen LogP contribution in [0.15, 0.2) is 18.2 Å². The molecule has 0 unspecified atom stereocenters. The predicted octanol–water partition coefficient (Wildman–Crippen LogP) is 3.01. The number of nitrogens with zero attached hydrogens (tertiary/aromatic N) is 1. The number of hydrogen-bond donors (Lipinski definition) is 2. The molecule has 1 N–H and O–H groups in total. The molecule has 0 bridgehead atoms. The zero-order valence-corrected chi connectivity index (χ0v) is 10.7. The van der Waals surface area contributed by atoms with Crippen LogP contribution in [0.4, 0.5) is 13.2 Å². The van der Waals surface area contributed by atoms with Gasteiger partial charge < -0.3 is 9.30 Å². The van der Waals surface area contributed by atoms with Gasteiger partial charge in [0.15, 0.2) is 4.80 Å². The zero-order valence-electron chi connectivity index (χ0n) is 8.99. The molecule has 0 radical (unpaired) electrons. The Bertz CT molecular complexity index is 618. The van der Waals surface area contributed by atoms with Crippen molar-refractivity contribution in [3.63, 3.8) is 0 Å². The molecule has 3 nitrogen and oxygen atoms in total. The molecule has 2 rings (SSSR count). The van der Waals surface area contributed by atoms with Crippen molar-refractivity contribution < 1.29 is 17.9 Å². The van der Waals surface area contributed by atoms with Crippen molar-refractivity contribution in [1.29, 1.82) is 5.41 Å². The summed E-state index contributed by atoms with van der Waals surface area (Å²) in [6.07, 6.45) is -4.70. The van der Waals surface area contributed by atoms with Gasteiger partial charge in [0.2, 0.25) is 0 Å². The van der Waals surface area contributed by atoms with Gasteiger partial charge in [0.1, 0.15) is 5.75 Å². The van der Waals surface area contributed by atoms with Crippen molar-refractivity contribution in [2.24, 2.45) is 0 Å². The van der Waals surface area contributed by atoms with Gasteiger partial charge in [-0.15, -0.1) is 13.2 Å². The number of alkyl halides is 3. The third kappa shape index (κ3) is 2.81. The zero-order chi connectivity index (χ0) is 13.3. The van der Waals surface area contributed by atoms with Crippen LogP contribution in [0.25, 0.3) is 10.2 Å². The molecule has 0 spiro atoms. The average molecular weight is 294 g/mol. The lowest BCUT2D eigenvalue weighted by Gasteiger charge is -2.08. The molecular formula is C10H9F3N2OS2. The molecule has 8 heteroatoms. The number of halogens is 3. The Kier molecular flexibility index (Phi) is 3.58. The normalized spacial score (nSPS) is 12.0. The van der Waals surface area contributed by atoms with Crippen LogP contribution in [0.3, 0.4) is 0 Å². The molecule has 0 aliphatic carbocycles. The first-order chi connectivity index (χ1) is 8.40. The van der Waals surface area contributed by atoms with Gasteiger partial charge in [-0.3, -0.25) is 5.41 Å². The Hall–Kier alpha value is -1.15. The minimum absolute atomic E-state index is 0.269. The summed E-state index contributed by atoms with van der Waals surface area (Å²) >= 11 is 5.19. The van der Waals surface area contributed by atoms with E-state index in [1.807, 2.05) is 0 Å². The largest absolute Gasteiger partial charge is 0.573 e. The van der Waals surface area contributed by atoms with Crippen LogP contribution in [0, 0.1) is 5.41 Å². The molecule has 0 aliphatic heterocycles. The first-order valence-electron chi connectivity index (χ1n) is 4.95. The van der Waals surface area contributed by atoms with Crippen molar-refractivity contribution in [1.82, 2.24) is 4.57 Å². The van der Waals surface area contributed by atoms with Crippen LogP contribution in [-0.4, -0.2) is 16.7 Å². The molecule has 0 fully saturated rings. The fourth-order valence-corrected chi connectivity index (χ4v) is 2.75. The Balaban J connectivity index is 2.44. The summed E-state index contributed by atoms with van der Waals surface area (Å²) in [5.41, 5.74) is 0.716. The number of aryl methyl sites for hydroxylation is 1. The van der Waals surface area contributed by atoms with E-state index in [1.165, 1.54) is 18.2 Å². The van der Waals surface area contributed by atoms with E-state index in [0.29, 0.717) is 22.5 Å². The summed E-state index contributed by atoms with van der Waals surface area (Å²) in [5.74, 6) is 0.290. The fraction of sp³-hybridized carbons (Fsp3) is 0.300. The highest BCUT2D eigenvalue weighted by molar-refractivity contribution is 7.80. The summed E-state index contributed by atoms with van der Waals surface area (Å²) in [7, 11) is 0. The molecule has 1 heterocycles. The number of rotatable bonds is 3. The van der Waals surface area contributed by atoms with E-state index in [2.05, 4.69) is 17.4 Å². The van der Waals surface area contributed by atoms with Gasteiger partial charge in [-0.2, -0.15) is 12.6 Å². The number of ether oxygens (including phenoxy) is 1. The Labute approximate surface area is 110 Å². The molecule has 1 aromatic carbocycles. The van der Waals surface area contributed by atoms with Crippen LogP contribution in [-0.2, 0) is 6.54 Å². The van der Waals surface area contributed by atoms with Crippen molar-refractivity contribution in [2.45, 2.75) is 12.9 Å². The predicted molar refractivity (Wildman–Crippen MR) is 66.2 cm³/mol. The summed E-state index contributed by atoms with van der Waals surface area (Å²) in [6, 6.07) is 4.06. The minimum atomic E-state index is -4.70. The number of benzene rings is 1. The molecule has 0 amide bonds. The Morgan fingerprint density at radius 1 is 1.39 bits per heavy atom. The number of aromatic nitrogens is 1. The van der Waals surface area contributed by atoms with E-state index in [-0.39, 0.29) is 10.6 Å². The van der Waals surface area contributed by atoms with Gasteiger partial charge in [-0.25, -0.2) is 0 Å². The standard InChI is InChI=1S/C10H9F3N2OS2/c11-10(12,13)16-6-1-2-7-8(5-6)18-9(14)15(7)3-4-17/h1-2,5,14,17H,3-4H2. The van der Waals surface area contributed by atoms with Crippen molar-refractivity contribution in [2.75, 3.05) is 5.75 Å². The molecule has 98 valence electrons. The quantitative estimate of drug-likeness (QED) is 0.839. The first kappa shape index (κ1) is 13.3. The molecule has 0 aliphatic rings. The maximum Gasteiger partial charge on any atom is 0.573 e. The number of hydrogen-bond acceptors (Lipinski definition) is 4. The summed E-state index contributed by atoms with van der Waals surface area (Å²) in [6.45, 7) is 0.543. The van der Waals surface area contributed by atoms with Crippen LogP contribution < -0.4 is 9.54 Å². The molecule has 1 aromatic heterocycles. The monoisotopic (exact) mass is 294 g/mol. The third-order valence-electron chi connectivity index (χ3n) is 2.23. The lowest BCUT2D eigenvalue weighted by Crippen LogP contribution is -2.17. The maximum atomic E-state index is 12.1. The van der Waals surface area contributed by atoms with E-state index in [9.17, 15) is 13.2 Å². The van der Waals surface area contributed by atoms with Gasteiger partial charge >= 0.3 is 6.36 Å². The van der Waals surface area contributed by atoms with Crippen LogP contribution in [0.2, 0.25) is 0 Å². The summed E-state index contributed by atoms with van der Waals surface area (Å²) in [4.78, 5) is 0.281. The van der Waals surface area contributed by atoms with Crippen molar-refractivity contribution >= 4 is 34.2 Å². The smallest absolute Gasteiger partial charge is 0.406 e. The van der Waals surface area contributed by atoms with Gasteiger partial charge in [0.25, 0.3) is 0 Å². The van der Waals surface area contributed by atoms with Crippen molar-refractivity contribution in [3.8, 4) is 5.75 Å². The number of fused-ring (bicyclic) bond motifs is 1. The third-order valence-corrected chi connectivity index (χ3v) is 3.39.